The number of carbonyl (C=O) groups excluding carboxylic acids is 1. The van der Waals surface area contributed by atoms with Crippen LogP contribution in [-0.2, 0) is 13.0 Å². The molecule has 18 heavy (non-hydrogen) atoms. The van der Waals surface area contributed by atoms with Gasteiger partial charge in [0.2, 0.25) is 0 Å². The number of hydrogen-bond acceptors (Lipinski definition) is 3. The van der Waals surface area contributed by atoms with E-state index in [4.69, 9.17) is 0 Å². The van der Waals surface area contributed by atoms with Crippen LogP contribution in [0.15, 0.2) is 18.3 Å². The van der Waals surface area contributed by atoms with Gasteiger partial charge in [0.15, 0.2) is 0 Å². The molecule has 0 fully saturated rings. The number of nitrogens with zero attached hydrogens (tertiary/aromatic N) is 2. The molecule has 5 heteroatoms. The SMILES string of the molecule is CCc1ccc(C(=O)Nc2cnn(CC)c2C)s1. The Kier molecular flexibility index (Phi) is 3.81. The van der Waals surface area contributed by atoms with E-state index in [-0.39, 0.29) is 5.91 Å². The molecule has 0 aromatic carbocycles. The predicted molar refractivity (Wildman–Crippen MR) is 74.3 cm³/mol. The van der Waals surface area contributed by atoms with E-state index in [1.165, 1.54) is 16.2 Å². The molecule has 0 radical (unpaired) electrons. The number of anilines is 1. The molecule has 0 unspecified atom stereocenters. The molecule has 0 saturated heterocycles. The molecule has 2 aromatic heterocycles. The van der Waals surface area contributed by atoms with Crippen molar-refractivity contribution in [1.29, 1.82) is 0 Å². The Bertz CT molecular complexity index is 556. The molecule has 1 N–H and O–H groups in total. The van der Waals surface area contributed by atoms with Crippen molar-refractivity contribution in [3.05, 3.63) is 33.8 Å². The summed E-state index contributed by atoms with van der Waals surface area (Å²) < 4.78 is 1.86. The summed E-state index contributed by atoms with van der Waals surface area (Å²) in [6, 6.07) is 3.88. The number of amides is 1. The van der Waals surface area contributed by atoms with Gasteiger partial charge in [-0.15, -0.1) is 11.3 Å². The van der Waals surface area contributed by atoms with E-state index >= 15 is 0 Å². The maximum Gasteiger partial charge on any atom is 0.265 e. The highest BCUT2D eigenvalue weighted by molar-refractivity contribution is 7.14. The fourth-order valence-corrected chi connectivity index (χ4v) is 2.60. The zero-order chi connectivity index (χ0) is 13.1. The summed E-state index contributed by atoms with van der Waals surface area (Å²) in [6.45, 7) is 6.88. The zero-order valence-corrected chi connectivity index (χ0v) is 11.7. The average molecular weight is 263 g/mol. The van der Waals surface area contributed by atoms with E-state index in [0.717, 1.165) is 29.2 Å². The topological polar surface area (TPSA) is 46.9 Å². The van der Waals surface area contributed by atoms with Crippen molar-refractivity contribution in [2.24, 2.45) is 0 Å². The van der Waals surface area contributed by atoms with Gasteiger partial charge in [-0.25, -0.2) is 0 Å². The van der Waals surface area contributed by atoms with Crippen LogP contribution in [0.4, 0.5) is 5.69 Å². The van der Waals surface area contributed by atoms with Crippen LogP contribution in [0, 0.1) is 6.92 Å². The number of carbonyl (C=O) groups is 1. The number of nitrogens with one attached hydrogen (secondary N) is 1. The molecule has 0 aliphatic heterocycles. The van der Waals surface area contributed by atoms with Gasteiger partial charge < -0.3 is 5.32 Å². The van der Waals surface area contributed by atoms with Gasteiger partial charge in [-0.1, -0.05) is 6.92 Å². The van der Waals surface area contributed by atoms with Crippen molar-refractivity contribution >= 4 is 22.9 Å². The average Bonchev–Trinajstić information content (AvgIpc) is 2.97. The van der Waals surface area contributed by atoms with Crippen LogP contribution in [0.2, 0.25) is 0 Å². The number of hydrogen-bond donors (Lipinski definition) is 1. The molecule has 4 nitrogen and oxygen atoms in total. The lowest BCUT2D eigenvalue weighted by Crippen LogP contribution is -2.11. The molecule has 0 spiro atoms. The van der Waals surface area contributed by atoms with Crippen molar-refractivity contribution in [1.82, 2.24) is 9.78 Å². The summed E-state index contributed by atoms with van der Waals surface area (Å²) in [5.41, 5.74) is 1.77. The van der Waals surface area contributed by atoms with Gasteiger partial charge in [0.25, 0.3) is 5.91 Å². The summed E-state index contributed by atoms with van der Waals surface area (Å²) in [6.07, 6.45) is 2.66. The highest BCUT2D eigenvalue weighted by atomic mass is 32.1. The Balaban J connectivity index is 2.13. The molecule has 0 bridgehead atoms. The van der Waals surface area contributed by atoms with Crippen LogP contribution >= 0.6 is 11.3 Å². The Morgan fingerprint density at radius 3 is 2.78 bits per heavy atom. The Hall–Kier alpha value is -1.62. The highest BCUT2D eigenvalue weighted by Gasteiger charge is 2.12. The fraction of sp³-hybridized carbons (Fsp3) is 0.385. The number of thiophene rings is 1. The van der Waals surface area contributed by atoms with Crippen LogP contribution in [0.5, 0.6) is 0 Å². The van der Waals surface area contributed by atoms with Gasteiger partial charge >= 0.3 is 0 Å². The first kappa shape index (κ1) is 12.8. The van der Waals surface area contributed by atoms with Crippen molar-refractivity contribution in [2.45, 2.75) is 33.7 Å². The molecule has 96 valence electrons. The van der Waals surface area contributed by atoms with Crippen LogP contribution in [0.25, 0.3) is 0 Å². The standard InChI is InChI=1S/C13H17N3OS/c1-4-10-6-7-12(18-10)13(17)15-11-8-14-16(5-2)9(11)3/h6-8H,4-5H2,1-3H3,(H,15,17). The molecule has 0 aliphatic rings. The molecule has 2 rings (SSSR count). The van der Waals surface area contributed by atoms with Crippen molar-refractivity contribution in [2.75, 3.05) is 5.32 Å². The Labute approximate surface area is 111 Å². The van der Waals surface area contributed by atoms with Crippen LogP contribution in [0.1, 0.15) is 34.1 Å². The van der Waals surface area contributed by atoms with E-state index in [9.17, 15) is 4.79 Å². The first-order valence-corrected chi connectivity index (χ1v) is 6.89. The smallest absolute Gasteiger partial charge is 0.265 e. The van der Waals surface area contributed by atoms with E-state index in [1.807, 2.05) is 30.7 Å². The van der Waals surface area contributed by atoms with Crippen LogP contribution in [-0.4, -0.2) is 15.7 Å². The van der Waals surface area contributed by atoms with Crippen LogP contribution < -0.4 is 5.32 Å². The summed E-state index contributed by atoms with van der Waals surface area (Å²) in [7, 11) is 0. The lowest BCUT2D eigenvalue weighted by molar-refractivity contribution is 0.103. The third-order valence-corrected chi connectivity index (χ3v) is 4.11. The maximum atomic E-state index is 12.1. The number of rotatable bonds is 4. The van der Waals surface area contributed by atoms with E-state index < -0.39 is 0 Å². The Morgan fingerprint density at radius 2 is 2.22 bits per heavy atom. The molecule has 1 amide bonds. The number of aryl methyl sites for hydroxylation is 2. The van der Waals surface area contributed by atoms with Gasteiger partial charge in [0.05, 0.1) is 22.5 Å². The molecule has 0 atom stereocenters. The summed E-state index contributed by atoms with van der Waals surface area (Å²) in [5, 5.41) is 7.11. The van der Waals surface area contributed by atoms with Crippen molar-refractivity contribution < 1.29 is 4.79 Å². The number of aromatic nitrogens is 2. The van der Waals surface area contributed by atoms with E-state index in [0.29, 0.717) is 0 Å². The third kappa shape index (κ3) is 2.46. The second-order valence-corrected chi connectivity index (χ2v) is 5.20. The molecule has 2 heterocycles. The van der Waals surface area contributed by atoms with Crippen molar-refractivity contribution in [3.63, 3.8) is 0 Å². The minimum absolute atomic E-state index is 0.0570. The molecule has 0 saturated carbocycles. The van der Waals surface area contributed by atoms with Gasteiger partial charge in [-0.2, -0.15) is 5.10 Å². The first-order valence-electron chi connectivity index (χ1n) is 6.08. The largest absolute Gasteiger partial charge is 0.318 e. The minimum Gasteiger partial charge on any atom is -0.318 e. The molecular formula is C13H17N3OS. The minimum atomic E-state index is -0.0570. The third-order valence-electron chi connectivity index (χ3n) is 2.88. The van der Waals surface area contributed by atoms with Gasteiger partial charge in [0.1, 0.15) is 0 Å². The quantitative estimate of drug-likeness (QED) is 0.921. The summed E-state index contributed by atoms with van der Waals surface area (Å²) in [5.74, 6) is -0.0570. The highest BCUT2D eigenvalue weighted by Crippen LogP contribution is 2.20. The lowest BCUT2D eigenvalue weighted by atomic mass is 10.3. The maximum absolute atomic E-state index is 12.1. The zero-order valence-electron chi connectivity index (χ0n) is 10.9. The molecular weight excluding hydrogens is 246 g/mol. The fourth-order valence-electron chi connectivity index (χ4n) is 1.76. The summed E-state index contributed by atoms with van der Waals surface area (Å²) >= 11 is 1.54. The predicted octanol–water partition coefficient (Wildman–Crippen LogP) is 3.09. The van der Waals surface area contributed by atoms with Gasteiger partial charge in [0, 0.05) is 11.4 Å². The van der Waals surface area contributed by atoms with Crippen LogP contribution in [0.3, 0.4) is 0 Å². The molecule has 0 aliphatic carbocycles. The second-order valence-electron chi connectivity index (χ2n) is 4.03. The second kappa shape index (κ2) is 5.35. The lowest BCUT2D eigenvalue weighted by Gasteiger charge is -2.03. The van der Waals surface area contributed by atoms with Gasteiger partial charge in [-0.3, -0.25) is 9.48 Å². The molecule has 2 aromatic rings. The Morgan fingerprint density at radius 1 is 1.44 bits per heavy atom. The summed E-state index contributed by atoms with van der Waals surface area (Å²) in [4.78, 5) is 14.0. The van der Waals surface area contributed by atoms with Gasteiger partial charge in [-0.05, 0) is 32.4 Å². The monoisotopic (exact) mass is 263 g/mol. The first-order chi connectivity index (χ1) is 8.65. The van der Waals surface area contributed by atoms with Crippen molar-refractivity contribution in [3.8, 4) is 0 Å². The normalized spacial score (nSPS) is 10.6. The van der Waals surface area contributed by atoms with E-state index in [1.54, 1.807) is 6.20 Å². The van der Waals surface area contributed by atoms with E-state index in [2.05, 4.69) is 17.3 Å².